The first-order chi connectivity index (χ1) is 14.7. The summed E-state index contributed by atoms with van der Waals surface area (Å²) in [5.41, 5.74) is 5.95. The van der Waals surface area contributed by atoms with Gasteiger partial charge in [0.05, 0.1) is 12.2 Å². The average molecular weight is 448 g/mol. The Balaban J connectivity index is 2.14. The maximum Gasteiger partial charge on any atom is 0.404 e. The van der Waals surface area contributed by atoms with Gasteiger partial charge in [-0.1, -0.05) is 26.0 Å². The molecule has 0 aliphatic rings. The molecule has 31 heavy (non-hydrogen) atoms. The largest absolute Gasteiger partial charge is 0.442 e. The van der Waals surface area contributed by atoms with Crippen molar-refractivity contribution >= 4 is 16.2 Å². The first kappa shape index (κ1) is 22.2. The number of halogens is 1. The van der Waals surface area contributed by atoms with E-state index in [1.807, 2.05) is 0 Å². The van der Waals surface area contributed by atoms with Crippen LogP contribution in [0.1, 0.15) is 36.8 Å². The van der Waals surface area contributed by atoms with Crippen molar-refractivity contribution < 1.29 is 26.5 Å². The highest BCUT2D eigenvalue weighted by Gasteiger charge is 2.32. The van der Waals surface area contributed by atoms with Gasteiger partial charge in [-0.2, -0.15) is 8.42 Å². The number of amides is 1. The number of aromatic nitrogens is 3. The molecule has 0 saturated heterocycles. The Morgan fingerprint density at radius 1 is 1.26 bits per heavy atom. The van der Waals surface area contributed by atoms with Gasteiger partial charge in [0.2, 0.25) is 0 Å². The number of rotatable bonds is 8. The Morgan fingerprint density at radius 2 is 2.03 bits per heavy atom. The number of imidazole rings is 1. The molecule has 1 aromatic carbocycles. The van der Waals surface area contributed by atoms with Gasteiger partial charge in [-0.15, -0.1) is 0 Å². The molecule has 0 unspecified atom stereocenters. The van der Waals surface area contributed by atoms with Gasteiger partial charge < -0.3 is 19.2 Å². The summed E-state index contributed by atoms with van der Waals surface area (Å²) in [5, 5.41) is -0.223. The second-order valence-electron chi connectivity index (χ2n) is 6.92. The first-order valence-electron chi connectivity index (χ1n) is 9.28. The van der Waals surface area contributed by atoms with Gasteiger partial charge in [0.1, 0.15) is 17.4 Å². The van der Waals surface area contributed by atoms with Crippen LogP contribution in [0.3, 0.4) is 0 Å². The van der Waals surface area contributed by atoms with Crippen LogP contribution in [0.5, 0.6) is 5.75 Å². The van der Waals surface area contributed by atoms with Crippen LogP contribution in [0.2, 0.25) is 0 Å². The zero-order valence-electron chi connectivity index (χ0n) is 16.9. The summed E-state index contributed by atoms with van der Waals surface area (Å²) in [6, 6.07) is 8.25. The van der Waals surface area contributed by atoms with Crippen LogP contribution in [-0.4, -0.2) is 29.0 Å². The molecule has 164 valence electrons. The Morgan fingerprint density at radius 3 is 2.65 bits per heavy atom. The molecule has 0 aliphatic carbocycles. The number of primary amides is 1. The molecule has 2 aromatic heterocycles. The zero-order chi connectivity index (χ0) is 22.6. The minimum Gasteiger partial charge on any atom is -0.442 e. The molecule has 0 fully saturated rings. The summed E-state index contributed by atoms with van der Waals surface area (Å²) in [6.45, 7) is 3.24. The summed E-state index contributed by atoms with van der Waals surface area (Å²) in [6.07, 6.45) is 2.12. The van der Waals surface area contributed by atoms with Crippen molar-refractivity contribution in [2.24, 2.45) is 5.73 Å². The molecular formula is C20H21FN4O5S. The lowest BCUT2D eigenvalue weighted by atomic mass is 10.1. The molecule has 0 saturated carbocycles. The lowest BCUT2D eigenvalue weighted by Crippen LogP contribution is -2.20. The number of hydrogen-bond acceptors (Lipinski definition) is 7. The van der Waals surface area contributed by atoms with Gasteiger partial charge in [-0.3, -0.25) is 4.98 Å². The summed E-state index contributed by atoms with van der Waals surface area (Å²) >= 11 is 0. The number of pyridine rings is 1. The molecule has 1 amide bonds. The molecule has 0 bridgehead atoms. The van der Waals surface area contributed by atoms with Crippen molar-refractivity contribution in [3.05, 3.63) is 71.7 Å². The highest BCUT2D eigenvalue weighted by Crippen LogP contribution is 2.29. The highest BCUT2D eigenvalue weighted by molar-refractivity contribution is 7.87. The number of benzene rings is 1. The summed E-state index contributed by atoms with van der Waals surface area (Å²) in [5.74, 6) is -0.980. The number of carbonyl (C=O) groups excluding carboxylic acids is 1. The second kappa shape index (κ2) is 9.13. The minimum absolute atomic E-state index is 0.0616. The van der Waals surface area contributed by atoms with E-state index in [2.05, 4.69) is 9.97 Å². The Kier molecular flexibility index (Phi) is 6.54. The smallest absolute Gasteiger partial charge is 0.404 e. The number of nitrogens with two attached hydrogens (primary N) is 1. The van der Waals surface area contributed by atoms with Crippen LogP contribution in [0.15, 0.2) is 53.8 Å². The van der Waals surface area contributed by atoms with E-state index in [4.69, 9.17) is 14.7 Å². The van der Waals surface area contributed by atoms with E-state index < -0.39 is 22.0 Å². The SMILES string of the molecule is CC(C)c1nc(COC(N)=O)n(Cc2cccnc2)c1S(=O)(=O)Oc1cccc(F)c1. The number of hydrogen-bond donors (Lipinski definition) is 1. The fourth-order valence-corrected chi connectivity index (χ4v) is 4.32. The molecule has 9 nitrogen and oxygen atoms in total. The quantitative estimate of drug-likeness (QED) is 0.525. The normalized spacial score (nSPS) is 11.5. The van der Waals surface area contributed by atoms with Crippen molar-refractivity contribution in [2.75, 3.05) is 0 Å². The molecule has 3 rings (SSSR count). The van der Waals surface area contributed by atoms with Gasteiger partial charge in [0, 0.05) is 18.5 Å². The van der Waals surface area contributed by atoms with Crippen molar-refractivity contribution in [1.29, 1.82) is 0 Å². The third kappa shape index (κ3) is 5.37. The number of carbonyl (C=O) groups is 1. The van der Waals surface area contributed by atoms with Crippen molar-refractivity contribution in [2.45, 2.75) is 37.9 Å². The maximum atomic E-state index is 13.5. The average Bonchev–Trinajstić information content (AvgIpc) is 3.06. The Hall–Kier alpha value is -3.47. The van der Waals surface area contributed by atoms with E-state index in [-0.39, 0.29) is 41.4 Å². The lowest BCUT2D eigenvalue weighted by molar-refractivity contribution is 0.145. The molecule has 2 heterocycles. The number of nitrogens with zero attached hydrogens (tertiary/aromatic N) is 3. The first-order valence-corrected chi connectivity index (χ1v) is 10.7. The third-order valence-corrected chi connectivity index (χ3v) is 5.53. The molecule has 3 aromatic rings. The molecular weight excluding hydrogens is 427 g/mol. The fraction of sp³-hybridized carbons (Fsp3) is 0.250. The zero-order valence-corrected chi connectivity index (χ0v) is 17.7. The van der Waals surface area contributed by atoms with Gasteiger partial charge in [0.15, 0.2) is 11.6 Å². The highest BCUT2D eigenvalue weighted by atomic mass is 32.2. The predicted octanol–water partition coefficient (Wildman–Crippen LogP) is 2.95. The fourth-order valence-electron chi connectivity index (χ4n) is 2.91. The maximum absolute atomic E-state index is 13.5. The molecule has 11 heteroatoms. The van der Waals surface area contributed by atoms with E-state index >= 15 is 0 Å². The van der Waals surface area contributed by atoms with E-state index in [1.165, 1.54) is 22.8 Å². The van der Waals surface area contributed by atoms with Crippen molar-refractivity contribution in [3.8, 4) is 5.75 Å². The van der Waals surface area contributed by atoms with Gasteiger partial charge in [0.25, 0.3) is 0 Å². The molecule has 2 N–H and O–H groups in total. The van der Waals surface area contributed by atoms with Crippen LogP contribution < -0.4 is 9.92 Å². The molecule has 0 spiro atoms. The standard InChI is InChI=1S/C20H21FN4O5S/c1-13(2)18-19(31(27,28)30-16-7-3-6-15(21)9-16)25(11-14-5-4-8-23-10-14)17(24-18)12-29-20(22)26/h3-10,13H,11-12H2,1-2H3,(H2,22,26). The molecule has 0 atom stereocenters. The van der Waals surface area contributed by atoms with Crippen LogP contribution in [0.25, 0.3) is 0 Å². The minimum atomic E-state index is -4.43. The Bertz CT molecular complexity index is 1180. The third-order valence-electron chi connectivity index (χ3n) is 4.22. The van der Waals surface area contributed by atoms with Crippen LogP contribution in [0.4, 0.5) is 9.18 Å². The van der Waals surface area contributed by atoms with Crippen molar-refractivity contribution in [1.82, 2.24) is 14.5 Å². The Labute approximate surface area is 178 Å². The molecule has 0 radical (unpaired) electrons. The van der Waals surface area contributed by atoms with Gasteiger partial charge in [-0.05, 0) is 29.7 Å². The van der Waals surface area contributed by atoms with Crippen LogP contribution in [0, 0.1) is 5.82 Å². The van der Waals surface area contributed by atoms with Crippen LogP contribution in [-0.2, 0) is 28.0 Å². The second-order valence-corrected chi connectivity index (χ2v) is 8.38. The van der Waals surface area contributed by atoms with Crippen molar-refractivity contribution in [3.63, 3.8) is 0 Å². The van der Waals surface area contributed by atoms with E-state index in [0.29, 0.717) is 5.56 Å². The van der Waals surface area contributed by atoms with Crippen LogP contribution >= 0.6 is 0 Å². The van der Waals surface area contributed by atoms with Gasteiger partial charge in [-0.25, -0.2) is 14.2 Å². The number of ether oxygens (including phenoxy) is 1. The summed E-state index contributed by atoms with van der Waals surface area (Å²) in [7, 11) is -4.43. The predicted molar refractivity (Wildman–Crippen MR) is 108 cm³/mol. The monoisotopic (exact) mass is 448 g/mol. The van der Waals surface area contributed by atoms with E-state index in [0.717, 1.165) is 6.07 Å². The molecule has 0 aliphatic heterocycles. The summed E-state index contributed by atoms with van der Waals surface area (Å²) < 4.78 is 51.5. The van der Waals surface area contributed by atoms with E-state index in [9.17, 15) is 17.6 Å². The topological polar surface area (TPSA) is 126 Å². The van der Waals surface area contributed by atoms with E-state index in [1.54, 1.807) is 38.4 Å². The van der Waals surface area contributed by atoms with Gasteiger partial charge >= 0.3 is 16.2 Å². The summed E-state index contributed by atoms with van der Waals surface area (Å²) in [4.78, 5) is 19.5. The lowest BCUT2D eigenvalue weighted by Gasteiger charge is -2.14.